The van der Waals surface area contributed by atoms with Crippen LogP contribution in [0, 0.1) is 0 Å². The molecule has 1 amide bonds. The minimum absolute atomic E-state index is 0.00218. The maximum atomic E-state index is 12.6. The van der Waals surface area contributed by atoms with E-state index in [9.17, 15) is 4.79 Å². The van der Waals surface area contributed by atoms with Crippen LogP contribution in [-0.4, -0.2) is 45.1 Å². The largest absolute Gasteiger partial charge is 0.325 e. The second-order valence-corrected chi connectivity index (χ2v) is 5.95. The van der Waals surface area contributed by atoms with Gasteiger partial charge in [-0.05, 0) is 56.6 Å². The number of piperidine rings is 1. The number of aromatic nitrogens is 3. The molecular weight excluding hydrogens is 290 g/mol. The van der Waals surface area contributed by atoms with Crippen molar-refractivity contribution in [2.75, 3.05) is 18.4 Å². The highest BCUT2D eigenvalue weighted by molar-refractivity contribution is 5.95. The minimum atomic E-state index is -0.00218. The Bertz CT molecular complexity index is 621. The molecule has 2 N–H and O–H groups in total. The summed E-state index contributed by atoms with van der Waals surface area (Å²) < 4.78 is 0. The standard InChI is InChI=1S/C17H23N5O/c1-2-10-22-11-4-3-5-15(22)17(23)20-14-8-6-13(7-9-14)16-18-12-19-21-16/h6-9,12,15H,2-5,10-11H2,1H3,(H,20,23)(H,18,19,21)/t15-/m0/s1. The molecule has 1 aliphatic heterocycles. The molecule has 23 heavy (non-hydrogen) atoms. The van der Waals surface area contributed by atoms with Crippen molar-refractivity contribution in [3.05, 3.63) is 30.6 Å². The fraction of sp³-hybridized carbons (Fsp3) is 0.471. The van der Waals surface area contributed by atoms with Crippen molar-refractivity contribution in [2.45, 2.75) is 38.6 Å². The first kappa shape index (κ1) is 15.7. The molecule has 6 nitrogen and oxygen atoms in total. The van der Waals surface area contributed by atoms with Gasteiger partial charge in [-0.2, -0.15) is 5.10 Å². The first-order chi connectivity index (χ1) is 11.3. The average Bonchev–Trinajstić information content (AvgIpc) is 3.11. The predicted molar refractivity (Wildman–Crippen MR) is 90.0 cm³/mol. The summed E-state index contributed by atoms with van der Waals surface area (Å²) in [5.41, 5.74) is 1.77. The van der Waals surface area contributed by atoms with E-state index in [4.69, 9.17) is 0 Å². The van der Waals surface area contributed by atoms with E-state index in [2.05, 4.69) is 32.3 Å². The van der Waals surface area contributed by atoms with E-state index in [-0.39, 0.29) is 11.9 Å². The number of carbonyl (C=O) groups excluding carboxylic acids is 1. The third-order valence-corrected chi connectivity index (χ3v) is 4.27. The number of aromatic amines is 1. The van der Waals surface area contributed by atoms with Crippen LogP contribution in [0.25, 0.3) is 11.4 Å². The van der Waals surface area contributed by atoms with E-state index in [1.807, 2.05) is 24.3 Å². The zero-order chi connectivity index (χ0) is 16.1. The molecule has 1 atom stereocenters. The summed E-state index contributed by atoms with van der Waals surface area (Å²) in [4.78, 5) is 19.0. The SMILES string of the molecule is CCCN1CCCC[C@H]1C(=O)Nc1ccc(-c2ncn[nH]2)cc1. The first-order valence-electron chi connectivity index (χ1n) is 8.28. The van der Waals surface area contributed by atoms with E-state index < -0.39 is 0 Å². The molecule has 1 aliphatic rings. The van der Waals surface area contributed by atoms with Crippen LogP contribution in [0.3, 0.4) is 0 Å². The van der Waals surface area contributed by atoms with Gasteiger partial charge in [0.2, 0.25) is 5.91 Å². The van der Waals surface area contributed by atoms with Crippen molar-refractivity contribution in [1.29, 1.82) is 0 Å². The monoisotopic (exact) mass is 313 g/mol. The Morgan fingerprint density at radius 2 is 2.17 bits per heavy atom. The normalized spacial score (nSPS) is 18.7. The van der Waals surface area contributed by atoms with Gasteiger partial charge in [-0.15, -0.1) is 0 Å². The number of hydrogen-bond donors (Lipinski definition) is 2. The Morgan fingerprint density at radius 3 is 2.87 bits per heavy atom. The molecule has 6 heteroatoms. The van der Waals surface area contributed by atoms with Gasteiger partial charge in [0.05, 0.1) is 6.04 Å². The van der Waals surface area contributed by atoms with Crippen molar-refractivity contribution < 1.29 is 4.79 Å². The second kappa shape index (κ2) is 7.37. The molecule has 1 aromatic carbocycles. The molecular formula is C17H23N5O. The Kier molecular flexibility index (Phi) is 5.02. The fourth-order valence-corrected chi connectivity index (χ4v) is 3.12. The number of rotatable bonds is 5. The lowest BCUT2D eigenvalue weighted by atomic mass is 10.0. The zero-order valence-electron chi connectivity index (χ0n) is 13.5. The van der Waals surface area contributed by atoms with E-state index >= 15 is 0 Å². The molecule has 1 saturated heterocycles. The number of hydrogen-bond acceptors (Lipinski definition) is 4. The molecule has 0 saturated carbocycles. The zero-order valence-corrected chi connectivity index (χ0v) is 13.5. The van der Waals surface area contributed by atoms with Gasteiger partial charge in [-0.1, -0.05) is 13.3 Å². The summed E-state index contributed by atoms with van der Waals surface area (Å²) in [5, 5.41) is 9.72. The van der Waals surface area contributed by atoms with Crippen molar-refractivity contribution in [2.24, 2.45) is 0 Å². The molecule has 2 aromatic rings. The number of carbonyl (C=O) groups is 1. The number of benzene rings is 1. The molecule has 1 aromatic heterocycles. The van der Waals surface area contributed by atoms with Crippen molar-refractivity contribution in [3.63, 3.8) is 0 Å². The van der Waals surface area contributed by atoms with Crippen molar-refractivity contribution in [1.82, 2.24) is 20.1 Å². The quantitative estimate of drug-likeness (QED) is 0.890. The van der Waals surface area contributed by atoms with Crippen molar-refractivity contribution >= 4 is 11.6 Å². The van der Waals surface area contributed by atoms with Crippen molar-refractivity contribution in [3.8, 4) is 11.4 Å². The van der Waals surface area contributed by atoms with Gasteiger partial charge in [-0.25, -0.2) is 4.98 Å². The summed E-state index contributed by atoms with van der Waals surface area (Å²) in [6.45, 7) is 4.17. The van der Waals surface area contributed by atoms with E-state index in [0.717, 1.165) is 49.4 Å². The van der Waals surface area contributed by atoms with Gasteiger partial charge in [-0.3, -0.25) is 14.8 Å². The fourth-order valence-electron chi connectivity index (χ4n) is 3.12. The van der Waals surface area contributed by atoms with Crippen LogP contribution >= 0.6 is 0 Å². The summed E-state index contributed by atoms with van der Waals surface area (Å²) in [6.07, 6.45) is 5.83. The van der Waals surface area contributed by atoms with Crippen LogP contribution in [-0.2, 0) is 4.79 Å². The molecule has 0 aliphatic carbocycles. The summed E-state index contributed by atoms with van der Waals surface area (Å²) in [7, 11) is 0. The maximum Gasteiger partial charge on any atom is 0.241 e. The number of nitrogens with zero attached hydrogens (tertiary/aromatic N) is 3. The number of nitrogens with one attached hydrogen (secondary N) is 2. The predicted octanol–water partition coefficient (Wildman–Crippen LogP) is 2.67. The highest BCUT2D eigenvalue weighted by atomic mass is 16.2. The van der Waals surface area contributed by atoms with Gasteiger partial charge in [0.15, 0.2) is 5.82 Å². The van der Waals surface area contributed by atoms with Crippen LogP contribution in [0.4, 0.5) is 5.69 Å². The third kappa shape index (κ3) is 3.76. The van der Waals surface area contributed by atoms with Gasteiger partial charge in [0.25, 0.3) is 0 Å². The van der Waals surface area contributed by atoms with Crippen LogP contribution in [0.5, 0.6) is 0 Å². The minimum Gasteiger partial charge on any atom is -0.325 e. The first-order valence-corrected chi connectivity index (χ1v) is 8.28. The summed E-state index contributed by atoms with van der Waals surface area (Å²) >= 11 is 0. The Labute approximate surface area is 136 Å². The highest BCUT2D eigenvalue weighted by Gasteiger charge is 2.27. The number of amides is 1. The lowest BCUT2D eigenvalue weighted by Gasteiger charge is -2.34. The molecule has 0 spiro atoms. The number of anilines is 1. The smallest absolute Gasteiger partial charge is 0.241 e. The van der Waals surface area contributed by atoms with E-state index in [0.29, 0.717) is 0 Å². The van der Waals surface area contributed by atoms with Gasteiger partial charge < -0.3 is 5.32 Å². The Balaban J connectivity index is 1.65. The van der Waals surface area contributed by atoms with Crippen LogP contribution < -0.4 is 5.32 Å². The third-order valence-electron chi connectivity index (χ3n) is 4.27. The summed E-state index contributed by atoms with van der Waals surface area (Å²) in [6, 6.07) is 7.67. The lowest BCUT2D eigenvalue weighted by molar-refractivity contribution is -0.122. The lowest BCUT2D eigenvalue weighted by Crippen LogP contribution is -2.47. The molecule has 2 heterocycles. The number of H-pyrrole nitrogens is 1. The van der Waals surface area contributed by atoms with E-state index in [1.54, 1.807) is 0 Å². The summed E-state index contributed by atoms with van der Waals surface area (Å²) in [5.74, 6) is 0.829. The molecule has 0 unspecified atom stereocenters. The topological polar surface area (TPSA) is 73.9 Å². The molecule has 1 fully saturated rings. The van der Waals surface area contributed by atoms with Gasteiger partial charge >= 0.3 is 0 Å². The van der Waals surface area contributed by atoms with E-state index in [1.165, 1.54) is 12.7 Å². The average molecular weight is 313 g/mol. The molecule has 0 bridgehead atoms. The molecule has 0 radical (unpaired) electrons. The Hall–Kier alpha value is -2.21. The Morgan fingerprint density at radius 1 is 1.35 bits per heavy atom. The van der Waals surface area contributed by atoms with Gasteiger partial charge in [0.1, 0.15) is 6.33 Å². The maximum absolute atomic E-state index is 12.6. The highest BCUT2D eigenvalue weighted by Crippen LogP contribution is 2.21. The van der Waals surface area contributed by atoms with Gasteiger partial charge in [0, 0.05) is 11.3 Å². The van der Waals surface area contributed by atoms with Crippen LogP contribution in [0.15, 0.2) is 30.6 Å². The number of likely N-dealkylation sites (tertiary alicyclic amines) is 1. The van der Waals surface area contributed by atoms with Crippen LogP contribution in [0.1, 0.15) is 32.6 Å². The molecule has 3 rings (SSSR count). The second-order valence-electron chi connectivity index (χ2n) is 5.95. The molecule has 122 valence electrons. The van der Waals surface area contributed by atoms with Crippen LogP contribution in [0.2, 0.25) is 0 Å².